The maximum atomic E-state index is 11.8. The Hall–Kier alpha value is -2.83. The van der Waals surface area contributed by atoms with Gasteiger partial charge in [-0.2, -0.15) is 0 Å². The molecule has 2 aromatic rings. The summed E-state index contributed by atoms with van der Waals surface area (Å²) in [6.45, 7) is 5.32. The number of amides is 2. The topological polar surface area (TPSA) is 93.5 Å². The van der Waals surface area contributed by atoms with Crippen LogP contribution in [-0.4, -0.2) is 22.6 Å². The van der Waals surface area contributed by atoms with Crippen molar-refractivity contribution in [3.63, 3.8) is 0 Å². The first-order chi connectivity index (χ1) is 10.3. The maximum Gasteiger partial charge on any atom is 0.413 e. The SMILES string of the molecule is CC(C)(C)OC(=O)Nc1ccc(NC(=O)c2ccoc2)cn1. The Morgan fingerprint density at radius 3 is 2.50 bits per heavy atom. The van der Waals surface area contributed by atoms with Gasteiger partial charge in [-0.05, 0) is 39.0 Å². The standard InChI is InChI=1S/C15H17N3O4/c1-15(2,3)22-14(20)18-12-5-4-11(8-16-12)17-13(19)10-6-7-21-9-10/h4-9H,1-3H3,(H,17,19)(H,16,18,20). The fraction of sp³-hybridized carbons (Fsp3) is 0.267. The normalized spacial score (nSPS) is 10.9. The third-order valence-electron chi connectivity index (χ3n) is 2.43. The van der Waals surface area contributed by atoms with Crippen molar-refractivity contribution < 1.29 is 18.7 Å². The highest BCUT2D eigenvalue weighted by Crippen LogP contribution is 2.13. The Labute approximate surface area is 127 Å². The summed E-state index contributed by atoms with van der Waals surface area (Å²) in [4.78, 5) is 27.4. The van der Waals surface area contributed by atoms with E-state index < -0.39 is 11.7 Å². The molecule has 2 amide bonds. The van der Waals surface area contributed by atoms with Crippen LogP contribution < -0.4 is 10.6 Å². The largest absolute Gasteiger partial charge is 0.472 e. The number of anilines is 2. The van der Waals surface area contributed by atoms with Gasteiger partial charge in [-0.15, -0.1) is 0 Å². The summed E-state index contributed by atoms with van der Waals surface area (Å²) in [5.74, 6) is 0.0268. The van der Waals surface area contributed by atoms with Crippen LogP contribution in [0.3, 0.4) is 0 Å². The molecule has 0 bridgehead atoms. The predicted octanol–water partition coefficient (Wildman–Crippen LogP) is 3.27. The fourth-order valence-corrected chi connectivity index (χ4v) is 1.55. The molecule has 7 heteroatoms. The van der Waals surface area contributed by atoms with Gasteiger partial charge in [0.2, 0.25) is 0 Å². The number of nitrogens with one attached hydrogen (secondary N) is 2. The maximum absolute atomic E-state index is 11.8. The summed E-state index contributed by atoms with van der Waals surface area (Å²) in [6.07, 6.45) is 3.61. The Kier molecular flexibility index (Phi) is 4.45. The lowest BCUT2D eigenvalue weighted by Gasteiger charge is -2.19. The number of pyridine rings is 1. The van der Waals surface area contributed by atoms with Gasteiger partial charge in [0.05, 0.1) is 23.7 Å². The highest BCUT2D eigenvalue weighted by atomic mass is 16.6. The third kappa shape index (κ3) is 4.62. The van der Waals surface area contributed by atoms with Crippen molar-refractivity contribution in [3.05, 3.63) is 42.5 Å². The Morgan fingerprint density at radius 1 is 1.18 bits per heavy atom. The molecule has 2 heterocycles. The molecule has 0 spiro atoms. The molecule has 116 valence electrons. The molecule has 2 aromatic heterocycles. The number of carbonyl (C=O) groups is 2. The minimum Gasteiger partial charge on any atom is -0.472 e. The monoisotopic (exact) mass is 303 g/mol. The molecule has 0 atom stereocenters. The lowest BCUT2D eigenvalue weighted by molar-refractivity contribution is 0.0635. The molecule has 0 saturated carbocycles. The van der Waals surface area contributed by atoms with Gasteiger partial charge < -0.3 is 14.5 Å². The number of ether oxygens (including phenoxy) is 1. The number of rotatable bonds is 3. The number of nitrogens with zero attached hydrogens (tertiary/aromatic N) is 1. The molecule has 0 fully saturated rings. The number of aromatic nitrogens is 1. The van der Waals surface area contributed by atoms with E-state index in [1.54, 1.807) is 39.0 Å². The van der Waals surface area contributed by atoms with Gasteiger partial charge in [0.1, 0.15) is 17.7 Å². The molecule has 0 aliphatic heterocycles. The van der Waals surface area contributed by atoms with Gasteiger partial charge in [-0.1, -0.05) is 0 Å². The predicted molar refractivity (Wildman–Crippen MR) is 80.8 cm³/mol. The molecule has 0 unspecified atom stereocenters. The summed E-state index contributed by atoms with van der Waals surface area (Å²) in [5.41, 5.74) is 0.333. The summed E-state index contributed by atoms with van der Waals surface area (Å²) in [5, 5.41) is 5.16. The Bertz CT molecular complexity index is 642. The molecule has 0 saturated heterocycles. The van der Waals surface area contributed by atoms with Crippen molar-refractivity contribution in [3.8, 4) is 0 Å². The molecular weight excluding hydrogens is 286 g/mol. The minimum atomic E-state index is -0.588. The molecule has 7 nitrogen and oxygen atoms in total. The first-order valence-corrected chi connectivity index (χ1v) is 6.63. The second-order valence-electron chi connectivity index (χ2n) is 5.53. The van der Waals surface area contributed by atoms with Gasteiger partial charge in [-0.25, -0.2) is 9.78 Å². The number of carbonyl (C=O) groups excluding carboxylic acids is 2. The van der Waals surface area contributed by atoms with Crippen molar-refractivity contribution in [1.29, 1.82) is 0 Å². The molecular formula is C15H17N3O4. The first kappa shape index (κ1) is 15.6. The summed E-state index contributed by atoms with van der Waals surface area (Å²) < 4.78 is 9.95. The van der Waals surface area contributed by atoms with Crippen LogP contribution in [0.15, 0.2) is 41.3 Å². The molecule has 2 N–H and O–H groups in total. The van der Waals surface area contributed by atoms with Crippen LogP contribution in [0.1, 0.15) is 31.1 Å². The lowest BCUT2D eigenvalue weighted by Crippen LogP contribution is -2.27. The van der Waals surface area contributed by atoms with E-state index in [1.807, 2.05) is 0 Å². The Morgan fingerprint density at radius 2 is 1.95 bits per heavy atom. The molecule has 0 aromatic carbocycles. The van der Waals surface area contributed by atoms with Crippen LogP contribution in [-0.2, 0) is 4.74 Å². The van der Waals surface area contributed by atoms with E-state index >= 15 is 0 Å². The average molecular weight is 303 g/mol. The van der Waals surface area contributed by atoms with Crippen molar-refractivity contribution in [1.82, 2.24) is 4.98 Å². The second kappa shape index (κ2) is 6.30. The van der Waals surface area contributed by atoms with E-state index in [0.29, 0.717) is 17.1 Å². The van der Waals surface area contributed by atoms with E-state index in [1.165, 1.54) is 18.7 Å². The van der Waals surface area contributed by atoms with E-state index in [2.05, 4.69) is 15.6 Å². The summed E-state index contributed by atoms with van der Waals surface area (Å²) in [7, 11) is 0. The van der Waals surface area contributed by atoms with Gasteiger partial charge in [0.25, 0.3) is 5.91 Å². The zero-order valence-corrected chi connectivity index (χ0v) is 12.5. The highest BCUT2D eigenvalue weighted by molar-refractivity contribution is 6.03. The average Bonchev–Trinajstić information content (AvgIpc) is 2.92. The second-order valence-corrected chi connectivity index (χ2v) is 5.53. The molecule has 22 heavy (non-hydrogen) atoms. The van der Waals surface area contributed by atoms with Gasteiger partial charge >= 0.3 is 6.09 Å². The van der Waals surface area contributed by atoms with Crippen molar-refractivity contribution >= 4 is 23.5 Å². The van der Waals surface area contributed by atoms with Crippen LogP contribution in [0.4, 0.5) is 16.3 Å². The highest BCUT2D eigenvalue weighted by Gasteiger charge is 2.16. The van der Waals surface area contributed by atoms with Crippen molar-refractivity contribution in [2.75, 3.05) is 10.6 Å². The van der Waals surface area contributed by atoms with Crippen LogP contribution >= 0.6 is 0 Å². The van der Waals surface area contributed by atoms with Crippen LogP contribution in [0.25, 0.3) is 0 Å². The molecule has 0 aliphatic carbocycles. The summed E-state index contributed by atoms with van der Waals surface area (Å²) in [6, 6.07) is 4.74. The quantitative estimate of drug-likeness (QED) is 0.907. The molecule has 2 rings (SSSR count). The number of hydrogen-bond acceptors (Lipinski definition) is 5. The fourth-order valence-electron chi connectivity index (χ4n) is 1.55. The van der Waals surface area contributed by atoms with Crippen LogP contribution in [0, 0.1) is 0 Å². The van der Waals surface area contributed by atoms with Gasteiger partial charge in [-0.3, -0.25) is 10.1 Å². The minimum absolute atomic E-state index is 0.302. The number of furan rings is 1. The molecule has 0 radical (unpaired) electrons. The van der Waals surface area contributed by atoms with Crippen molar-refractivity contribution in [2.45, 2.75) is 26.4 Å². The van der Waals surface area contributed by atoms with E-state index in [9.17, 15) is 9.59 Å². The van der Waals surface area contributed by atoms with Gasteiger partial charge in [0.15, 0.2) is 0 Å². The van der Waals surface area contributed by atoms with Crippen molar-refractivity contribution in [2.24, 2.45) is 0 Å². The third-order valence-corrected chi connectivity index (χ3v) is 2.43. The summed E-state index contributed by atoms with van der Waals surface area (Å²) >= 11 is 0. The zero-order chi connectivity index (χ0) is 16.2. The van der Waals surface area contributed by atoms with E-state index in [0.717, 1.165) is 0 Å². The Balaban J connectivity index is 1.93. The van der Waals surface area contributed by atoms with E-state index in [-0.39, 0.29) is 5.91 Å². The van der Waals surface area contributed by atoms with Crippen LogP contribution in [0.5, 0.6) is 0 Å². The first-order valence-electron chi connectivity index (χ1n) is 6.63. The van der Waals surface area contributed by atoms with E-state index in [4.69, 9.17) is 9.15 Å². The van der Waals surface area contributed by atoms with Crippen LogP contribution in [0.2, 0.25) is 0 Å². The zero-order valence-electron chi connectivity index (χ0n) is 12.5. The smallest absolute Gasteiger partial charge is 0.413 e. The lowest BCUT2D eigenvalue weighted by atomic mass is 10.2. The number of hydrogen-bond donors (Lipinski definition) is 2. The molecule has 0 aliphatic rings. The van der Waals surface area contributed by atoms with Gasteiger partial charge in [0, 0.05) is 0 Å².